The van der Waals surface area contributed by atoms with Gasteiger partial charge in [0, 0.05) is 30.4 Å². The molecule has 1 aliphatic rings. The fraction of sp³-hybridized carbons (Fsp3) is 0.182. The van der Waals surface area contributed by atoms with Gasteiger partial charge in [-0.3, -0.25) is 4.72 Å². The molecule has 4 aromatic rings. The molecule has 3 aromatic heterocycles. The largest absolute Gasteiger partial charge is 0.364 e. The first kappa shape index (κ1) is 22.5. The third-order valence-corrected chi connectivity index (χ3v) is 6.75. The van der Waals surface area contributed by atoms with Gasteiger partial charge in [-0.1, -0.05) is 11.6 Å². The van der Waals surface area contributed by atoms with E-state index in [0.29, 0.717) is 34.2 Å². The lowest BCUT2D eigenvalue weighted by Gasteiger charge is -2.14. The third-order valence-electron chi connectivity index (χ3n) is 5.31. The molecule has 2 atom stereocenters. The molecule has 0 amide bonds. The van der Waals surface area contributed by atoms with Crippen LogP contribution < -0.4 is 15.4 Å². The molecule has 0 saturated carbocycles. The highest BCUT2D eigenvalue weighted by molar-refractivity contribution is 7.86. The first-order valence-corrected chi connectivity index (χ1v) is 11.9. The van der Waals surface area contributed by atoms with E-state index in [2.05, 4.69) is 30.3 Å². The van der Waals surface area contributed by atoms with Crippen LogP contribution in [0.1, 0.15) is 6.42 Å². The van der Waals surface area contributed by atoms with Crippen LogP contribution in [0.3, 0.4) is 0 Å². The molecule has 3 N–H and O–H groups in total. The van der Waals surface area contributed by atoms with E-state index < -0.39 is 22.6 Å². The molecular weight excluding hydrogens is 484 g/mol. The molecule has 8 nitrogen and oxygen atoms in total. The molecule has 5 rings (SSSR count). The van der Waals surface area contributed by atoms with Crippen LogP contribution in [-0.2, 0) is 11.0 Å². The molecule has 0 radical (unpaired) electrons. The van der Waals surface area contributed by atoms with Gasteiger partial charge in [-0.2, -0.15) is 0 Å². The molecule has 1 unspecified atom stereocenters. The second-order valence-electron chi connectivity index (χ2n) is 7.63. The van der Waals surface area contributed by atoms with Crippen LogP contribution in [-0.4, -0.2) is 43.3 Å². The smallest absolute Gasteiger partial charge is 0.156 e. The fourth-order valence-electron chi connectivity index (χ4n) is 3.62. The Balaban J connectivity index is 1.46. The van der Waals surface area contributed by atoms with E-state index in [9.17, 15) is 13.0 Å². The summed E-state index contributed by atoms with van der Waals surface area (Å²) in [6.07, 6.45) is 4.00. The van der Waals surface area contributed by atoms with Gasteiger partial charge in [0.1, 0.15) is 23.5 Å². The van der Waals surface area contributed by atoms with Crippen LogP contribution in [0, 0.1) is 11.6 Å². The van der Waals surface area contributed by atoms with Crippen LogP contribution in [0.4, 0.5) is 20.3 Å². The number of benzene rings is 1. The predicted octanol–water partition coefficient (Wildman–Crippen LogP) is 3.93. The number of aromatic nitrogens is 4. The highest BCUT2D eigenvalue weighted by atomic mass is 35.5. The Bertz CT molecular complexity index is 1400. The van der Waals surface area contributed by atoms with Gasteiger partial charge in [0.2, 0.25) is 0 Å². The van der Waals surface area contributed by atoms with Gasteiger partial charge in [0.15, 0.2) is 22.0 Å². The Morgan fingerprint density at radius 3 is 2.79 bits per heavy atom. The van der Waals surface area contributed by atoms with E-state index in [-0.39, 0.29) is 21.8 Å². The maximum absolute atomic E-state index is 14.0. The van der Waals surface area contributed by atoms with Gasteiger partial charge in [0.25, 0.3) is 0 Å². The van der Waals surface area contributed by atoms with Crippen molar-refractivity contribution in [3.8, 4) is 11.3 Å². The van der Waals surface area contributed by atoms with Crippen LogP contribution >= 0.6 is 11.6 Å². The van der Waals surface area contributed by atoms with Crippen molar-refractivity contribution in [2.75, 3.05) is 23.1 Å². The Hall–Kier alpha value is -3.28. The molecule has 1 saturated heterocycles. The highest BCUT2D eigenvalue weighted by Crippen LogP contribution is 2.29. The number of anilines is 2. The van der Waals surface area contributed by atoms with E-state index >= 15 is 0 Å². The zero-order valence-electron chi connectivity index (χ0n) is 17.6. The summed E-state index contributed by atoms with van der Waals surface area (Å²) >= 11 is 6.18. The predicted molar refractivity (Wildman–Crippen MR) is 127 cm³/mol. The van der Waals surface area contributed by atoms with E-state index in [1.807, 2.05) is 6.07 Å². The minimum absolute atomic E-state index is 0.0415. The normalized spacial score (nSPS) is 16.5. The minimum Gasteiger partial charge on any atom is -0.364 e. The summed E-state index contributed by atoms with van der Waals surface area (Å²) in [5.41, 5.74) is 2.65. The van der Waals surface area contributed by atoms with Crippen molar-refractivity contribution in [2.45, 2.75) is 17.4 Å². The average molecular weight is 502 g/mol. The lowest BCUT2D eigenvalue weighted by Crippen LogP contribution is -2.23. The Morgan fingerprint density at radius 1 is 1.12 bits per heavy atom. The van der Waals surface area contributed by atoms with E-state index in [1.165, 1.54) is 12.5 Å². The summed E-state index contributed by atoms with van der Waals surface area (Å²) in [5, 5.41) is 6.75. The number of nitrogens with one attached hydrogen (secondary N) is 3. The maximum atomic E-state index is 14.0. The number of hydrogen-bond donors (Lipinski definition) is 3. The third kappa shape index (κ3) is 4.67. The number of nitrogens with zero attached hydrogens (tertiary/aromatic N) is 4. The molecule has 4 heterocycles. The topological polar surface area (TPSA) is 105 Å². The summed E-state index contributed by atoms with van der Waals surface area (Å²) in [5.74, 6) is -1.06. The van der Waals surface area contributed by atoms with E-state index in [1.54, 1.807) is 12.1 Å². The van der Waals surface area contributed by atoms with Gasteiger partial charge in [0.05, 0.1) is 21.8 Å². The molecule has 1 aromatic carbocycles. The van der Waals surface area contributed by atoms with Gasteiger partial charge >= 0.3 is 0 Å². The van der Waals surface area contributed by atoms with Crippen molar-refractivity contribution in [3.05, 3.63) is 65.7 Å². The minimum atomic E-state index is -2.03. The fourth-order valence-corrected chi connectivity index (χ4v) is 4.72. The summed E-state index contributed by atoms with van der Waals surface area (Å²) in [4.78, 5) is 17.3. The summed E-state index contributed by atoms with van der Waals surface area (Å²) in [6, 6.07) is 8.27. The van der Waals surface area contributed by atoms with Crippen molar-refractivity contribution in [3.63, 3.8) is 0 Å². The van der Waals surface area contributed by atoms with Crippen LogP contribution in [0.5, 0.6) is 0 Å². The van der Waals surface area contributed by atoms with Gasteiger partial charge in [-0.05, 0) is 43.3 Å². The van der Waals surface area contributed by atoms with Crippen molar-refractivity contribution in [2.24, 2.45) is 0 Å². The van der Waals surface area contributed by atoms with Crippen LogP contribution in [0.2, 0.25) is 5.15 Å². The zero-order valence-corrected chi connectivity index (χ0v) is 19.1. The van der Waals surface area contributed by atoms with Gasteiger partial charge in [-0.15, -0.1) is 0 Å². The van der Waals surface area contributed by atoms with E-state index in [0.717, 1.165) is 31.6 Å². The number of pyridine rings is 2. The van der Waals surface area contributed by atoms with Crippen molar-refractivity contribution in [1.82, 2.24) is 25.3 Å². The first-order valence-electron chi connectivity index (χ1n) is 10.4. The summed E-state index contributed by atoms with van der Waals surface area (Å²) < 4.78 is 42.5. The maximum Gasteiger partial charge on any atom is 0.156 e. The Labute approximate surface area is 200 Å². The molecule has 0 spiro atoms. The average Bonchev–Trinajstić information content (AvgIpc) is 3.33. The van der Waals surface area contributed by atoms with Gasteiger partial charge < -0.3 is 10.6 Å². The quantitative estimate of drug-likeness (QED) is 0.344. The molecule has 1 fully saturated rings. The monoisotopic (exact) mass is 501 g/mol. The zero-order chi connectivity index (χ0) is 23.7. The number of halogens is 3. The Kier molecular flexibility index (Phi) is 6.31. The lowest BCUT2D eigenvalue weighted by atomic mass is 10.1. The first-order chi connectivity index (χ1) is 16.5. The van der Waals surface area contributed by atoms with Crippen molar-refractivity contribution < 1.29 is 13.0 Å². The summed E-state index contributed by atoms with van der Waals surface area (Å²) in [6.45, 7) is 1.78. The molecule has 0 bridgehead atoms. The molecule has 174 valence electrons. The molecule has 12 heteroatoms. The van der Waals surface area contributed by atoms with Crippen molar-refractivity contribution in [1.29, 1.82) is 0 Å². The second kappa shape index (κ2) is 9.53. The second-order valence-corrected chi connectivity index (χ2v) is 9.17. The molecule has 1 aliphatic heterocycles. The number of fused-ring (bicyclic) bond motifs is 1. The van der Waals surface area contributed by atoms with Crippen molar-refractivity contribution >= 4 is 45.1 Å². The molecule has 0 aliphatic carbocycles. The highest BCUT2D eigenvalue weighted by Gasteiger charge is 2.18. The van der Waals surface area contributed by atoms with Crippen LogP contribution in [0.25, 0.3) is 22.3 Å². The Morgan fingerprint density at radius 2 is 2.00 bits per heavy atom. The van der Waals surface area contributed by atoms with Crippen LogP contribution in [0.15, 0.2) is 53.8 Å². The van der Waals surface area contributed by atoms with Gasteiger partial charge in [-0.25, -0.2) is 32.9 Å². The van der Waals surface area contributed by atoms with E-state index in [4.69, 9.17) is 16.6 Å². The number of hydrogen-bond acceptors (Lipinski definition) is 7. The molecule has 34 heavy (non-hydrogen) atoms. The standard InChI is InChI=1S/C22H18ClF2N7OS/c23-21-18(32-34(33)19-4-1-13(24)8-15(19)25)7-12(9-27-21)16-2-3-17-20(31-16)22(29-11-28-17)30-14-5-6-26-10-14/h1-4,7-9,11,14,26,32H,5-6,10H2,(H,28,29,30)/t14-,34?/m1/s1. The molecular formula is C22H18ClF2N7OS. The number of rotatable bonds is 6. The SMILES string of the molecule is O=S(Nc1cc(-c2ccc3ncnc(N[C@@H]4CCNC4)c3n2)cnc1Cl)c1ccc(F)cc1F. The summed E-state index contributed by atoms with van der Waals surface area (Å²) in [7, 11) is -2.03. The lowest BCUT2D eigenvalue weighted by molar-refractivity contribution is 0.562.